The lowest BCUT2D eigenvalue weighted by Crippen LogP contribution is -2.07. The van der Waals surface area contributed by atoms with Crippen LogP contribution in [0.4, 0.5) is 5.69 Å². The predicted molar refractivity (Wildman–Crippen MR) is 97.0 cm³/mol. The second kappa shape index (κ2) is 6.03. The van der Waals surface area contributed by atoms with E-state index < -0.39 is 10.5 Å². The number of nitro groups is 1. The lowest BCUT2D eigenvalue weighted by Gasteiger charge is -2.08. The van der Waals surface area contributed by atoms with Gasteiger partial charge < -0.3 is 4.42 Å². The summed E-state index contributed by atoms with van der Waals surface area (Å²) < 4.78 is 5.39. The number of hydrogen-bond acceptors (Lipinski definition) is 6. The molecule has 0 unspecified atom stereocenters. The minimum Gasteiger partial charge on any atom is -0.422 e. The maximum atomic E-state index is 12.5. The summed E-state index contributed by atoms with van der Waals surface area (Å²) in [6, 6.07) is 13.2. The van der Waals surface area contributed by atoms with Crippen molar-refractivity contribution in [2.75, 3.05) is 0 Å². The number of rotatable bonds is 3. The van der Waals surface area contributed by atoms with Gasteiger partial charge in [0.25, 0.3) is 5.69 Å². The molecule has 0 radical (unpaired) electrons. The molecule has 2 aromatic carbocycles. The van der Waals surface area contributed by atoms with Gasteiger partial charge in [0.2, 0.25) is 0 Å². The van der Waals surface area contributed by atoms with E-state index in [1.165, 1.54) is 12.1 Å². The molecule has 128 valence electrons. The zero-order valence-electron chi connectivity index (χ0n) is 13.8. The minimum absolute atomic E-state index is 0.0763. The fourth-order valence-corrected chi connectivity index (χ4v) is 2.88. The fourth-order valence-electron chi connectivity index (χ4n) is 2.88. The van der Waals surface area contributed by atoms with Crippen molar-refractivity contribution in [1.82, 2.24) is 9.97 Å². The molecule has 0 atom stereocenters. The van der Waals surface area contributed by atoms with Crippen molar-refractivity contribution in [2.45, 2.75) is 13.3 Å². The Balaban J connectivity index is 2.01. The molecule has 2 heterocycles. The van der Waals surface area contributed by atoms with Gasteiger partial charge in [-0.3, -0.25) is 10.1 Å². The summed E-state index contributed by atoms with van der Waals surface area (Å²) in [5, 5.41) is 11.8. The van der Waals surface area contributed by atoms with E-state index in [-0.39, 0.29) is 5.69 Å². The Kier molecular flexibility index (Phi) is 3.69. The maximum absolute atomic E-state index is 12.5. The van der Waals surface area contributed by atoms with Gasteiger partial charge in [-0.05, 0) is 24.6 Å². The molecule has 7 heteroatoms. The summed E-state index contributed by atoms with van der Waals surface area (Å²) in [7, 11) is 0. The van der Waals surface area contributed by atoms with Crippen molar-refractivity contribution in [2.24, 2.45) is 0 Å². The summed E-state index contributed by atoms with van der Waals surface area (Å²) >= 11 is 0. The highest BCUT2D eigenvalue weighted by Gasteiger charge is 2.17. The van der Waals surface area contributed by atoms with Crippen LogP contribution in [-0.2, 0) is 6.42 Å². The monoisotopic (exact) mass is 347 g/mol. The number of hydrogen-bond donors (Lipinski definition) is 0. The quantitative estimate of drug-likeness (QED) is 0.317. The van der Waals surface area contributed by atoms with Crippen LogP contribution in [0.15, 0.2) is 57.7 Å². The summed E-state index contributed by atoms with van der Waals surface area (Å²) in [5.41, 5.74) is 2.12. The number of aryl methyl sites for hydroxylation is 1. The summed E-state index contributed by atoms with van der Waals surface area (Å²) in [6.07, 6.45) is 0.557. The molecular weight excluding hydrogens is 334 g/mol. The average Bonchev–Trinajstić information content (AvgIpc) is 2.65. The normalized spacial score (nSPS) is 11.1. The number of benzene rings is 2. The predicted octanol–water partition coefficient (Wildman–Crippen LogP) is 3.87. The molecule has 0 fully saturated rings. The molecule has 0 spiro atoms. The smallest absolute Gasteiger partial charge is 0.345 e. The molecule has 4 rings (SSSR count). The van der Waals surface area contributed by atoms with Gasteiger partial charge in [-0.15, -0.1) is 0 Å². The molecule has 4 aromatic rings. The summed E-state index contributed by atoms with van der Waals surface area (Å²) in [5.74, 6) is 0. The second-order valence-electron chi connectivity index (χ2n) is 5.79. The Hall–Kier alpha value is -3.61. The van der Waals surface area contributed by atoms with E-state index in [4.69, 9.17) is 4.42 Å². The van der Waals surface area contributed by atoms with E-state index >= 15 is 0 Å². The van der Waals surface area contributed by atoms with E-state index in [9.17, 15) is 14.9 Å². The fraction of sp³-hybridized carbons (Fsp3) is 0.105. The number of nitrogens with zero attached hydrogens (tertiary/aromatic N) is 3. The summed E-state index contributed by atoms with van der Waals surface area (Å²) in [4.78, 5) is 32.0. The van der Waals surface area contributed by atoms with Crippen LogP contribution in [0.3, 0.4) is 0 Å². The van der Waals surface area contributed by atoms with Gasteiger partial charge in [0.15, 0.2) is 0 Å². The Morgan fingerprint density at radius 3 is 2.65 bits per heavy atom. The van der Waals surface area contributed by atoms with Crippen molar-refractivity contribution in [3.05, 3.63) is 74.8 Å². The molecular formula is C19H13N3O4. The Labute approximate surface area is 147 Å². The third-order valence-corrected chi connectivity index (χ3v) is 4.16. The van der Waals surface area contributed by atoms with Crippen LogP contribution in [0.5, 0.6) is 0 Å². The molecule has 0 aliphatic rings. The third kappa shape index (κ3) is 2.59. The van der Waals surface area contributed by atoms with Crippen LogP contribution in [0.1, 0.15) is 12.6 Å². The van der Waals surface area contributed by atoms with Gasteiger partial charge in [0, 0.05) is 17.5 Å². The maximum Gasteiger partial charge on any atom is 0.345 e. The average molecular weight is 347 g/mol. The molecule has 0 saturated heterocycles. The van der Waals surface area contributed by atoms with Crippen LogP contribution in [0.25, 0.3) is 33.3 Å². The van der Waals surface area contributed by atoms with Gasteiger partial charge in [-0.1, -0.05) is 25.1 Å². The van der Waals surface area contributed by atoms with Gasteiger partial charge in [0.1, 0.15) is 5.58 Å². The second-order valence-corrected chi connectivity index (χ2v) is 5.79. The number of aromatic nitrogens is 2. The number of non-ortho nitro benzene ring substituents is 1. The first-order valence-corrected chi connectivity index (χ1v) is 8.05. The molecule has 0 aliphatic heterocycles. The van der Waals surface area contributed by atoms with Crippen LogP contribution in [0, 0.1) is 10.1 Å². The van der Waals surface area contributed by atoms with Crippen LogP contribution >= 0.6 is 0 Å². The first-order valence-electron chi connectivity index (χ1n) is 8.05. The van der Waals surface area contributed by atoms with E-state index in [0.717, 1.165) is 5.39 Å². The molecule has 7 nitrogen and oxygen atoms in total. The first kappa shape index (κ1) is 15.9. The molecule has 0 aliphatic carbocycles. The molecule has 0 saturated carbocycles. The molecule has 0 amide bonds. The Morgan fingerprint density at radius 2 is 1.88 bits per heavy atom. The van der Waals surface area contributed by atoms with E-state index in [1.54, 1.807) is 24.3 Å². The Bertz CT molecular complexity index is 1230. The van der Waals surface area contributed by atoms with Crippen molar-refractivity contribution < 1.29 is 9.34 Å². The lowest BCUT2D eigenvalue weighted by molar-refractivity contribution is -0.384. The number of fused-ring (bicyclic) bond motifs is 2. The SMILES string of the molecule is CCc1nc2ccc([N+](=O)[O-])cc2nc1-c1cc2ccccc2oc1=O. The van der Waals surface area contributed by atoms with E-state index in [1.807, 2.05) is 19.1 Å². The van der Waals surface area contributed by atoms with Gasteiger partial charge >= 0.3 is 5.63 Å². The molecule has 0 bridgehead atoms. The minimum atomic E-state index is -0.516. The standard InChI is InChI=1S/C19H13N3O4/c1-2-14-18(13-9-11-5-3-4-6-17(11)26-19(13)23)21-16-10-12(22(24)25)7-8-15(16)20-14/h3-10H,2H2,1H3. The lowest BCUT2D eigenvalue weighted by atomic mass is 10.1. The first-order chi connectivity index (χ1) is 12.6. The van der Waals surface area contributed by atoms with E-state index in [0.29, 0.717) is 40.0 Å². The number of nitro benzene ring substituents is 1. The van der Waals surface area contributed by atoms with Crippen molar-refractivity contribution in [1.29, 1.82) is 0 Å². The topological polar surface area (TPSA) is 99.1 Å². The largest absolute Gasteiger partial charge is 0.422 e. The van der Waals surface area contributed by atoms with Crippen LogP contribution < -0.4 is 5.63 Å². The van der Waals surface area contributed by atoms with Gasteiger partial charge in [0.05, 0.1) is 32.9 Å². The van der Waals surface area contributed by atoms with Gasteiger partial charge in [-0.2, -0.15) is 0 Å². The highest BCUT2D eigenvalue weighted by molar-refractivity contribution is 5.84. The number of para-hydroxylation sites is 1. The van der Waals surface area contributed by atoms with E-state index in [2.05, 4.69) is 9.97 Å². The van der Waals surface area contributed by atoms with Crippen molar-refractivity contribution in [3.8, 4) is 11.3 Å². The zero-order valence-corrected chi connectivity index (χ0v) is 13.8. The summed E-state index contributed by atoms with van der Waals surface area (Å²) in [6.45, 7) is 1.91. The Morgan fingerprint density at radius 1 is 1.08 bits per heavy atom. The van der Waals surface area contributed by atoms with Crippen molar-refractivity contribution in [3.63, 3.8) is 0 Å². The van der Waals surface area contributed by atoms with Crippen LogP contribution in [-0.4, -0.2) is 14.9 Å². The highest BCUT2D eigenvalue weighted by Crippen LogP contribution is 2.26. The third-order valence-electron chi connectivity index (χ3n) is 4.16. The van der Waals surface area contributed by atoms with Crippen molar-refractivity contribution >= 4 is 27.7 Å². The zero-order chi connectivity index (χ0) is 18.3. The van der Waals surface area contributed by atoms with Crippen LogP contribution in [0.2, 0.25) is 0 Å². The molecule has 2 aromatic heterocycles. The van der Waals surface area contributed by atoms with Gasteiger partial charge in [-0.25, -0.2) is 14.8 Å². The molecule has 0 N–H and O–H groups in total. The molecule has 26 heavy (non-hydrogen) atoms. The highest BCUT2D eigenvalue weighted by atomic mass is 16.6.